The Morgan fingerprint density at radius 3 is 2.60 bits per heavy atom. The van der Waals surface area contributed by atoms with Crippen LogP contribution >= 0.6 is 11.6 Å². The second kappa shape index (κ2) is 7.49. The number of anilines is 3. The molecule has 0 bridgehead atoms. The fourth-order valence-corrected chi connectivity index (χ4v) is 1.98. The Morgan fingerprint density at radius 2 is 2.00 bits per heavy atom. The van der Waals surface area contributed by atoms with Crippen LogP contribution in [0.15, 0.2) is 24.3 Å². The van der Waals surface area contributed by atoms with Crippen LogP contribution in [-0.2, 0) is 6.18 Å². The Bertz CT molecular complexity index is 788. The highest BCUT2D eigenvalue weighted by Crippen LogP contribution is 2.33. The molecule has 3 N–H and O–H groups in total. The van der Waals surface area contributed by atoms with Gasteiger partial charge in [0.2, 0.25) is 5.95 Å². The maximum atomic E-state index is 13.0. The summed E-state index contributed by atoms with van der Waals surface area (Å²) in [6, 6.07) is 4.19. The van der Waals surface area contributed by atoms with Gasteiger partial charge in [-0.3, -0.25) is 10.1 Å². The molecule has 1 aromatic heterocycles. The number of alkyl halides is 3. The molecule has 0 aliphatic rings. The van der Waals surface area contributed by atoms with Crippen LogP contribution in [0.2, 0.25) is 5.02 Å². The average Bonchev–Trinajstić information content (AvgIpc) is 2.51. The van der Waals surface area contributed by atoms with E-state index in [2.05, 4.69) is 20.6 Å². The summed E-state index contributed by atoms with van der Waals surface area (Å²) in [6.07, 6.45) is -4.75. The summed E-state index contributed by atoms with van der Waals surface area (Å²) in [6.45, 7) is -0.416. The van der Waals surface area contributed by atoms with E-state index in [1.807, 2.05) is 0 Å². The van der Waals surface area contributed by atoms with E-state index in [-0.39, 0.29) is 35.4 Å². The van der Waals surface area contributed by atoms with Gasteiger partial charge in [-0.2, -0.15) is 18.2 Å². The molecule has 0 unspecified atom stereocenters. The zero-order valence-electron chi connectivity index (χ0n) is 12.3. The first kappa shape index (κ1) is 18.7. The summed E-state index contributed by atoms with van der Waals surface area (Å²) >= 11 is 5.78. The summed E-state index contributed by atoms with van der Waals surface area (Å²) in [7, 11) is 0. The Labute approximate surface area is 143 Å². The lowest BCUT2D eigenvalue weighted by atomic mass is 10.2. The van der Waals surface area contributed by atoms with E-state index in [1.54, 1.807) is 0 Å². The van der Waals surface area contributed by atoms with Gasteiger partial charge in [-0.25, -0.2) is 4.98 Å². The second-order valence-electron chi connectivity index (χ2n) is 4.65. The summed E-state index contributed by atoms with van der Waals surface area (Å²) in [5.41, 5.74) is -1.77. The molecule has 25 heavy (non-hydrogen) atoms. The Balaban J connectivity index is 2.45. The predicted molar refractivity (Wildman–Crippen MR) is 84.0 cm³/mol. The Kier molecular flexibility index (Phi) is 5.59. The largest absolute Gasteiger partial charge is 0.433 e. The molecule has 2 rings (SSSR count). The van der Waals surface area contributed by atoms with Crippen LogP contribution in [0.1, 0.15) is 5.69 Å². The topological polar surface area (TPSA) is 113 Å². The molecule has 8 nitrogen and oxygen atoms in total. The van der Waals surface area contributed by atoms with Gasteiger partial charge in [0.1, 0.15) is 11.5 Å². The van der Waals surface area contributed by atoms with Crippen molar-refractivity contribution in [3.63, 3.8) is 0 Å². The van der Waals surface area contributed by atoms with Crippen molar-refractivity contribution in [3.8, 4) is 0 Å². The van der Waals surface area contributed by atoms with Crippen molar-refractivity contribution in [3.05, 3.63) is 45.1 Å². The van der Waals surface area contributed by atoms with Gasteiger partial charge in [0.15, 0.2) is 5.69 Å². The van der Waals surface area contributed by atoms with Crippen molar-refractivity contribution < 1.29 is 23.2 Å². The lowest BCUT2D eigenvalue weighted by Crippen LogP contribution is -2.15. The highest BCUT2D eigenvalue weighted by Gasteiger charge is 2.34. The molecule has 0 aliphatic heterocycles. The van der Waals surface area contributed by atoms with Crippen LogP contribution in [0.25, 0.3) is 0 Å². The van der Waals surface area contributed by atoms with E-state index in [1.165, 1.54) is 12.1 Å². The zero-order chi connectivity index (χ0) is 18.6. The molecule has 134 valence electrons. The Hall–Kier alpha value is -2.66. The number of aliphatic hydroxyl groups is 1. The molecule has 0 aliphatic carbocycles. The van der Waals surface area contributed by atoms with Crippen LogP contribution in [0, 0.1) is 10.1 Å². The summed E-state index contributed by atoms with van der Waals surface area (Å²) < 4.78 is 38.9. The minimum absolute atomic E-state index is 0.0714. The van der Waals surface area contributed by atoms with Gasteiger partial charge in [-0.05, 0) is 12.1 Å². The third-order valence-corrected chi connectivity index (χ3v) is 3.06. The number of halogens is 4. The zero-order valence-corrected chi connectivity index (χ0v) is 13.1. The fourth-order valence-electron chi connectivity index (χ4n) is 1.81. The minimum Gasteiger partial charge on any atom is -0.395 e. The molecule has 0 fully saturated rings. The number of rotatable bonds is 6. The number of nitrogens with zero attached hydrogens (tertiary/aromatic N) is 3. The number of aliphatic hydroxyl groups excluding tert-OH is 1. The standard InChI is InChI=1S/C13H11ClF3N5O3/c14-7-1-2-9(22(24)25)8(5-7)19-11-6-10(13(15,16)17)20-12(21-11)18-3-4-23/h1-2,5-6,23H,3-4H2,(H2,18,19,20,21). The number of nitro benzene ring substituents is 1. The van der Waals surface area contributed by atoms with Crippen LogP contribution in [0.3, 0.4) is 0 Å². The molecule has 1 heterocycles. The van der Waals surface area contributed by atoms with E-state index in [9.17, 15) is 23.3 Å². The third-order valence-electron chi connectivity index (χ3n) is 2.83. The maximum Gasteiger partial charge on any atom is 0.433 e. The molecule has 1 aromatic carbocycles. The first-order valence-electron chi connectivity index (χ1n) is 6.72. The quantitative estimate of drug-likeness (QED) is 0.523. The molecular formula is C13H11ClF3N5O3. The second-order valence-corrected chi connectivity index (χ2v) is 5.09. The highest BCUT2D eigenvalue weighted by molar-refractivity contribution is 6.31. The maximum absolute atomic E-state index is 13.0. The van der Waals surface area contributed by atoms with E-state index in [0.717, 1.165) is 6.07 Å². The lowest BCUT2D eigenvalue weighted by molar-refractivity contribution is -0.383. The molecule has 2 aromatic rings. The molecule has 0 atom stereocenters. The summed E-state index contributed by atoms with van der Waals surface area (Å²) in [5.74, 6) is -0.718. The smallest absolute Gasteiger partial charge is 0.395 e. The van der Waals surface area contributed by atoms with Crippen molar-refractivity contribution in [2.24, 2.45) is 0 Å². The molecule has 0 saturated carbocycles. The van der Waals surface area contributed by atoms with Gasteiger partial charge >= 0.3 is 6.18 Å². The van der Waals surface area contributed by atoms with E-state index >= 15 is 0 Å². The minimum atomic E-state index is -4.75. The highest BCUT2D eigenvalue weighted by atomic mass is 35.5. The number of hydrogen-bond acceptors (Lipinski definition) is 7. The van der Waals surface area contributed by atoms with Gasteiger partial charge in [0, 0.05) is 23.7 Å². The van der Waals surface area contributed by atoms with Crippen molar-refractivity contribution in [1.82, 2.24) is 9.97 Å². The van der Waals surface area contributed by atoms with Crippen LogP contribution in [0.5, 0.6) is 0 Å². The average molecular weight is 378 g/mol. The van der Waals surface area contributed by atoms with Gasteiger partial charge in [0.05, 0.1) is 11.5 Å². The Morgan fingerprint density at radius 1 is 1.28 bits per heavy atom. The van der Waals surface area contributed by atoms with Gasteiger partial charge in [0.25, 0.3) is 5.69 Å². The molecule has 0 saturated heterocycles. The first-order valence-corrected chi connectivity index (χ1v) is 7.10. The predicted octanol–water partition coefficient (Wildman–Crippen LogP) is 3.20. The molecule has 0 radical (unpaired) electrons. The summed E-state index contributed by atoms with van der Waals surface area (Å²) in [4.78, 5) is 17.4. The fraction of sp³-hybridized carbons (Fsp3) is 0.231. The third kappa shape index (κ3) is 4.90. The van der Waals surface area contributed by atoms with Gasteiger partial charge in [-0.15, -0.1) is 0 Å². The normalized spacial score (nSPS) is 11.2. The van der Waals surface area contributed by atoms with E-state index in [0.29, 0.717) is 6.07 Å². The lowest BCUT2D eigenvalue weighted by Gasteiger charge is -2.12. The van der Waals surface area contributed by atoms with Crippen molar-refractivity contribution >= 4 is 34.7 Å². The first-order chi connectivity index (χ1) is 11.7. The van der Waals surface area contributed by atoms with Crippen molar-refractivity contribution in [2.45, 2.75) is 6.18 Å². The summed E-state index contributed by atoms with van der Waals surface area (Å²) in [5, 5.41) is 24.8. The van der Waals surface area contributed by atoms with Crippen LogP contribution < -0.4 is 10.6 Å². The molecule has 0 amide bonds. The van der Waals surface area contributed by atoms with Crippen LogP contribution in [-0.4, -0.2) is 33.1 Å². The molecule has 12 heteroatoms. The van der Waals surface area contributed by atoms with Gasteiger partial charge < -0.3 is 15.7 Å². The molecule has 0 spiro atoms. The SMILES string of the molecule is O=[N+]([O-])c1ccc(Cl)cc1Nc1cc(C(F)(F)F)nc(NCCO)n1. The monoisotopic (exact) mass is 377 g/mol. The van der Waals surface area contributed by atoms with Crippen molar-refractivity contribution in [2.75, 3.05) is 23.8 Å². The van der Waals surface area contributed by atoms with Crippen LogP contribution in [0.4, 0.5) is 36.3 Å². The number of nitro groups is 1. The van der Waals surface area contributed by atoms with E-state index < -0.39 is 22.7 Å². The van der Waals surface area contributed by atoms with E-state index in [4.69, 9.17) is 16.7 Å². The number of aromatic nitrogens is 2. The molecular weight excluding hydrogens is 367 g/mol. The number of nitrogens with one attached hydrogen (secondary N) is 2. The van der Waals surface area contributed by atoms with Gasteiger partial charge in [-0.1, -0.05) is 11.6 Å². The number of benzene rings is 1. The van der Waals surface area contributed by atoms with Crippen molar-refractivity contribution in [1.29, 1.82) is 0 Å². The number of hydrogen-bond donors (Lipinski definition) is 3.